The Kier molecular flexibility index (Phi) is 5.07. The fourth-order valence-corrected chi connectivity index (χ4v) is 2.28. The SMILES string of the molecule is CCN(C(=O)c1c(C)cc(C)[nH]c1=O)C(C)CC(=O)O. The van der Waals surface area contributed by atoms with E-state index in [0.29, 0.717) is 17.8 Å². The van der Waals surface area contributed by atoms with Gasteiger partial charge in [0, 0.05) is 18.3 Å². The minimum Gasteiger partial charge on any atom is -0.481 e. The number of aromatic amines is 1. The van der Waals surface area contributed by atoms with Crippen LogP contribution in [0, 0.1) is 13.8 Å². The largest absolute Gasteiger partial charge is 0.481 e. The van der Waals surface area contributed by atoms with Crippen LogP contribution in [0.5, 0.6) is 0 Å². The van der Waals surface area contributed by atoms with Gasteiger partial charge in [0.25, 0.3) is 11.5 Å². The van der Waals surface area contributed by atoms with Crippen molar-refractivity contribution in [2.75, 3.05) is 6.54 Å². The standard InChI is InChI=1S/C14H20N2O4/c1-5-16(10(4)7-11(17)18)14(20)12-8(2)6-9(3)15-13(12)19/h6,10H,5,7H2,1-4H3,(H,15,19)(H,17,18). The van der Waals surface area contributed by atoms with Gasteiger partial charge in [0.2, 0.25) is 0 Å². The Morgan fingerprint density at radius 2 is 2.00 bits per heavy atom. The third-order valence-corrected chi connectivity index (χ3v) is 3.18. The van der Waals surface area contributed by atoms with Crippen LogP contribution in [0.15, 0.2) is 10.9 Å². The average molecular weight is 280 g/mol. The Hall–Kier alpha value is -2.11. The summed E-state index contributed by atoms with van der Waals surface area (Å²) < 4.78 is 0. The minimum atomic E-state index is -0.974. The molecule has 1 amide bonds. The van der Waals surface area contributed by atoms with Crippen molar-refractivity contribution in [1.82, 2.24) is 9.88 Å². The van der Waals surface area contributed by atoms with Crippen molar-refractivity contribution in [2.24, 2.45) is 0 Å². The van der Waals surface area contributed by atoms with Gasteiger partial charge < -0.3 is 15.0 Å². The van der Waals surface area contributed by atoms with E-state index in [2.05, 4.69) is 4.98 Å². The summed E-state index contributed by atoms with van der Waals surface area (Å²) in [5.41, 5.74) is 0.922. The number of carboxylic acids is 1. The minimum absolute atomic E-state index is 0.0784. The predicted molar refractivity (Wildman–Crippen MR) is 75.0 cm³/mol. The summed E-state index contributed by atoms with van der Waals surface area (Å²) in [4.78, 5) is 39.2. The second kappa shape index (κ2) is 6.36. The van der Waals surface area contributed by atoms with Gasteiger partial charge in [-0.15, -0.1) is 0 Å². The van der Waals surface area contributed by atoms with Crippen molar-refractivity contribution in [3.05, 3.63) is 33.2 Å². The van der Waals surface area contributed by atoms with Gasteiger partial charge in [0.1, 0.15) is 5.56 Å². The zero-order chi connectivity index (χ0) is 15.4. The Labute approximate surface area is 117 Å². The van der Waals surface area contributed by atoms with Crippen LogP contribution >= 0.6 is 0 Å². The maximum Gasteiger partial charge on any atom is 0.305 e. The fraction of sp³-hybridized carbons (Fsp3) is 0.500. The lowest BCUT2D eigenvalue weighted by Crippen LogP contribution is -2.42. The molecule has 1 atom stereocenters. The lowest BCUT2D eigenvalue weighted by atomic mass is 10.1. The van der Waals surface area contributed by atoms with Crippen LogP contribution in [0.2, 0.25) is 0 Å². The van der Waals surface area contributed by atoms with E-state index in [-0.39, 0.29) is 12.0 Å². The Balaban J connectivity index is 3.15. The first-order chi connectivity index (χ1) is 9.27. The Bertz CT molecular complexity index is 577. The molecule has 0 saturated heterocycles. The fourth-order valence-electron chi connectivity index (χ4n) is 2.28. The zero-order valence-corrected chi connectivity index (χ0v) is 12.2. The Morgan fingerprint density at radius 1 is 1.40 bits per heavy atom. The summed E-state index contributed by atoms with van der Waals surface area (Å²) in [6, 6.07) is 1.26. The molecule has 1 aromatic heterocycles. The molecular formula is C14H20N2O4. The van der Waals surface area contributed by atoms with E-state index in [1.165, 1.54) is 4.90 Å². The van der Waals surface area contributed by atoms with Gasteiger partial charge in [-0.1, -0.05) is 0 Å². The molecule has 0 aliphatic carbocycles. The van der Waals surface area contributed by atoms with Gasteiger partial charge >= 0.3 is 5.97 Å². The highest BCUT2D eigenvalue weighted by molar-refractivity contribution is 5.95. The highest BCUT2D eigenvalue weighted by Crippen LogP contribution is 2.12. The highest BCUT2D eigenvalue weighted by Gasteiger charge is 2.25. The summed E-state index contributed by atoms with van der Waals surface area (Å²) in [5.74, 6) is -1.40. The molecule has 0 aliphatic heterocycles. The van der Waals surface area contributed by atoms with Crippen molar-refractivity contribution >= 4 is 11.9 Å². The molecule has 0 saturated carbocycles. The molecule has 0 radical (unpaired) electrons. The number of aromatic nitrogens is 1. The molecule has 6 nitrogen and oxygen atoms in total. The lowest BCUT2D eigenvalue weighted by molar-refractivity contribution is -0.138. The number of hydrogen-bond acceptors (Lipinski definition) is 3. The smallest absolute Gasteiger partial charge is 0.305 e. The van der Waals surface area contributed by atoms with E-state index in [1.807, 2.05) is 0 Å². The van der Waals surface area contributed by atoms with E-state index >= 15 is 0 Å². The maximum absolute atomic E-state index is 12.5. The summed E-state index contributed by atoms with van der Waals surface area (Å²) in [7, 11) is 0. The first-order valence-electron chi connectivity index (χ1n) is 6.51. The van der Waals surface area contributed by atoms with Crippen LogP contribution in [0.1, 0.15) is 41.9 Å². The molecular weight excluding hydrogens is 260 g/mol. The van der Waals surface area contributed by atoms with E-state index in [0.717, 1.165) is 0 Å². The predicted octanol–water partition coefficient (Wildman–Crippen LogP) is 1.32. The maximum atomic E-state index is 12.5. The molecule has 0 bridgehead atoms. The quantitative estimate of drug-likeness (QED) is 0.851. The van der Waals surface area contributed by atoms with Gasteiger partial charge in [-0.05, 0) is 39.3 Å². The van der Waals surface area contributed by atoms with E-state index < -0.39 is 23.5 Å². The third-order valence-electron chi connectivity index (χ3n) is 3.18. The Morgan fingerprint density at radius 3 is 2.45 bits per heavy atom. The normalized spacial score (nSPS) is 12.0. The van der Waals surface area contributed by atoms with Crippen LogP contribution < -0.4 is 5.56 Å². The summed E-state index contributed by atoms with van der Waals surface area (Å²) in [6.45, 7) is 7.21. The summed E-state index contributed by atoms with van der Waals surface area (Å²) >= 11 is 0. The number of pyridine rings is 1. The van der Waals surface area contributed by atoms with Crippen molar-refractivity contribution in [2.45, 2.75) is 40.2 Å². The number of nitrogens with zero attached hydrogens (tertiary/aromatic N) is 1. The van der Waals surface area contributed by atoms with Crippen molar-refractivity contribution in [1.29, 1.82) is 0 Å². The van der Waals surface area contributed by atoms with Crippen LogP contribution in [-0.4, -0.2) is 39.5 Å². The lowest BCUT2D eigenvalue weighted by Gasteiger charge is -2.27. The summed E-state index contributed by atoms with van der Waals surface area (Å²) in [5, 5.41) is 8.82. The molecule has 2 N–H and O–H groups in total. The van der Waals surface area contributed by atoms with Crippen LogP contribution in [0.4, 0.5) is 0 Å². The van der Waals surface area contributed by atoms with Crippen molar-refractivity contribution in [3.8, 4) is 0 Å². The van der Waals surface area contributed by atoms with Gasteiger partial charge in [0.05, 0.1) is 6.42 Å². The monoisotopic (exact) mass is 280 g/mol. The van der Waals surface area contributed by atoms with Gasteiger partial charge in [-0.2, -0.15) is 0 Å². The number of nitrogens with one attached hydrogen (secondary N) is 1. The number of amides is 1. The number of rotatable bonds is 5. The number of aliphatic carboxylic acids is 1. The van der Waals surface area contributed by atoms with E-state index in [4.69, 9.17) is 5.11 Å². The molecule has 0 aromatic carbocycles. The zero-order valence-electron chi connectivity index (χ0n) is 12.2. The molecule has 1 rings (SSSR count). The number of aryl methyl sites for hydroxylation is 2. The van der Waals surface area contributed by atoms with Crippen LogP contribution in [0.3, 0.4) is 0 Å². The molecule has 6 heteroatoms. The number of carbonyl (C=O) groups excluding carboxylic acids is 1. The van der Waals surface area contributed by atoms with Crippen molar-refractivity contribution in [3.63, 3.8) is 0 Å². The van der Waals surface area contributed by atoms with Crippen LogP contribution in [-0.2, 0) is 4.79 Å². The second-order valence-corrected chi connectivity index (χ2v) is 4.88. The molecule has 20 heavy (non-hydrogen) atoms. The van der Waals surface area contributed by atoms with E-state index in [9.17, 15) is 14.4 Å². The topological polar surface area (TPSA) is 90.5 Å². The number of H-pyrrole nitrogens is 1. The third kappa shape index (κ3) is 3.46. The molecule has 0 spiro atoms. The van der Waals surface area contributed by atoms with E-state index in [1.54, 1.807) is 33.8 Å². The summed E-state index contributed by atoms with van der Waals surface area (Å²) in [6.07, 6.45) is -0.150. The van der Waals surface area contributed by atoms with Crippen molar-refractivity contribution < 1.29 is 14.7 Å². The molecule has 1 heterocycles. The second-order valence-electron chi connectivity index (χ2n) is 4.88. The number of hydrogen-bond donors (Lipinski definition) is 2. The van der Waals surface area contributed by atoms with Gasteiger partial charge in [0.15, 0.2) is 0 Å². The number of carboxylic acid groups (broad SMARTS) is 1. The first-order valence-corrected chi connectivity index (χ1v) is 6.51. The van der Waals surface area contributed by atoms with Gasteiger partial charge in [-0.3, -0.25) is 14.4 Å². The molecule has 0 aliphatic rings. The highest BCUT2D eigenvalue weighted by atomic mass is 16.4. The molecule has 1 unspecified atom stereocenters. The number of carbonyl (C=O) groups is 2. The average Bonchev–Trinajstić information content (AvgIpc) is 2.26. The molecule has 110 valence electrons. The van der Waals surface area contributed by atoms with Crippen LogP contribution in [0.25, 0.3) is 0 Å². The van der Waals surface area contributed by atoms with Gasteiger partial charge in [-0.25, -0.2) is 0 Å². The first kappa shape index (κ1) is 15.9. The molecule has 1 aromatic rings. The molecule has 0 fully saturated rings.